The maximum Gasteiger partial charge on any atom is 0.243 e. The van der Waals surface area contributed by atoms with Crippen molar-refractivity contribution in [3.05, 3.63) is 29.8 Å². The molecule has 1 rings (SSSR count). The molecule has 0 saturated carbocycles. The van der Waals surface area contributed by atoms with Gasteiger partial charge in [0, 0.05) is 14.1 Å². The van der Waals surface area contributed by atoms with E-state index >= 15 is 0 Å². The van der Waals surface area contributed by atoms with Gasteiger partial charge in [0.2, 0.25) is 5.91 Å². The summed E-state index contributed by atoms with van der Waals surface area (Å²) >= 11 is 0. The molecule has 0 radical (unpaired) electrons. The van der Waals surface area contributed by atoms with Crippen LogP contribution in [0, 0.1) is 23.0 Å². The number of amides is 1. The van der Waals surface area contributed by atoms with Crippen LogP contribution in [0.4, 0.5) is 14.5 Å². The molecule has 0 unspecified atom stereocenters. The lowest BCUT2D eigenvalue weighted by Crippen LogP contribution is -2.47. The Hall–Kier alpha value is -2.16. The van der Waals surface area contributed by atoms with Gasteiger partial charge in [-0.25, -0.2) is 8.78 Å². The molecule has 1 amide bonds. The molecule has 0 aliphatic carbocycles. The minimum absolute atomic E-state index is 0.223. The van der Waals surface area contributed by atoms with Gasteiger partial charge in [0.05, 0.1) is 12.6 Å². The number of hydrogen-bond acceptors (Lipinski definition) is 3. The Labute approximate surface area is 117 Å². The molecule has 0 atom stereocenters. The zero-order valence-electron chi connectivity index (χ0n) is 11.9. The second kappa shape index (κ2) is 5.87. The van der Waals surface area contributed by atoms with Gasteiger partial charge in [-0.2, -0.15) is 5.26 Å². The van der Waals surface area contributed by atoms with Gasteiger partial charge in [-0.1, -0.05) is 6.07 Å². The monoisotopic (exact) mass is 281 g/mol. The predicted octanol–water partition coefficient (Wildman–Crippen LogP) is 2.16. The number of nitrogens with zero attached hydrogens (tertiary/aromatic N) is 3. The van der Waals surface area contributed by atoms with Crippen LogP contribution >= 0.6 is 0 Å². The van der Waals surface area contributed by atoms with Crippen LogP contribution in [-0.4, -0.2) is 37.0 Å². The molecule has 108 valence electrons. The summed E-state index contributed by atoms with van der Waals surface area (Å²) in [7, 11) is 2.91. The van der Waals surface area contributed by atoms with Crippen molar-refractivity contribution in [1.82, 2.24) is 4.90 Å². The maximum absolute atomic E-state index is 13.6. The van der Waals surface area contributed by atoms with E-state index in [0.717, 1.165) is 12.1 Å². The SMILES string of the molecule is CN(CC(=O)N(C)C(C)(C)C#N)c1c(F)cccc1F. The van der Waals surface area contributed by atoms with Crippen molar-refractivity contribution in [2.45, 2.75) is 19.4 Å². The van der Waals surface area contributed by atoms with E-state index in [1.807, 2.05) is 6.07 Å². The van der Waals surface area contributed by atoms with Gasteiger partial charge in [0.1, 0.15) is 22.9 Å². The highest BCUT2D eigenvalue weighted by Gasteiger charge is 2.28. The van der Waals surface area contributed by atoms with Crippen LogP contribution in [0.25, 0.3) is 0 Å². The molecular weight excluding hydrogens is 264 g/mol. The fourth-order valence-electron chi connectivity index (χ4n) is 1.63. The lowest BCUT2D eigenvalue weighted by molar-refractivity contribution is -0.131. The first kappa shape index (κ1) is 15.9. The fraction of sp³-hybridized carbons (Fsp3) is 0.429. The number of halogens is 2. The number of likely N-dealkylation sites (N-methyl/N-ethyl adjacent to an activating group) is 2. The van der Waals surface area contributed by atoms with Gasteiger partial charge in [-0.15, -0.1) is 0 Å². The molecule has 0 N–H and O–H groups in total. The van der Waals surface area contributed by atoms with E-state index in [-0.39, 0.29) is 12.2 Å². The number of carbonyl (C=O) groups is 1. The number of rotatable bonds is 4. The Bertz CT molecular complexity index is 532. The maximum atomic E-state index is 13.6. The first-order valence-corrected chi connectivity index (χ1v) is 6.03. The molecule has 1 aromatic carbocycles. The number of hydrogen-bond donors (Lipinski definition) is 0. The van der Waals surface area contributed by atoms with Gasteiger partial charge >= 0.3 is 0 Å². The highest BCUT2D eigenvalue weighted by molar-refractivity contribution is 5.82. The Morgan fingerprint density at radius 3 is 2.25 bits per heavy atom. The number of para-hydroxylation sites is 1. The zero-order chi connectivity index (χ0) is 15.5. The van der Waals surface area contributed by atoms with Crippen LogP contribution < -0.4 is 4.90 Å². The Morgan fingerprint density at radius 1 is 1.30 bits per heavy atom. The lowest BCUT2D eigenvalue weighted by atomic mass is 10.1. The second-order valence-electron chi connectivity index (χ2n) is 5.05. The van der Waals surface area contributed by atoms with E-state index in [1.54, 1.807) is 13.8 Å². The van der Waals surface area contributed by atoms with E-state index in [1.165, 1.54) is 30.0 Å². The standard InChI is InChI=1S/C14H17F2N3O/c1-14(2,9-17)19(4)12(20)8-18(3)13-10(15)6-5-7-11(13)16/h5-7H,8H2,1-4H3. The summed E-state index contributed by atoms with van der Waals surface area (Å²) < 4.78 is 27.2. The summed E-state index contributed by atoms with van der Waals surface area (Å²) in [5, 5.41) is 8.98. The van der Waals surface area contributed by atoms with Crippen LogP contribution in [0.5, 0.6) is 0 Å². The first-order valence-electron chi connectivity index (χ1n) is 6.03. The van der Waals surface area contributed by atoms with Crippen LogP contribution in [-0.2, 0) is 4.79 Å². The summed E-state index contributed by atoms with van der Waals surface area (Å²) in [5.41, 5.74) is -1.24. The molecule has 0 saturated heterocycles. The topological polar surface area (TPSA) is 47.3 Å². The smallest absolute Gasteiger partial charge is 0.243 e. The number of benzene rings is 1. The van der Waals surface area contributed by atoms with E-state index < -0.39 is 23.1 Å². The van der Waals surface area contributed by atoms with Crippen molar-refractivity contribution in [3.63, 3.8) is 0 Å². The molecule has 4 nitrogen and oxygen atoms in total. The van der Waals surface area contributed by atoms with Crippen LogP contribution in [0.15, 0.2) is 18.2 Å². The van der Waals surface area contributed by atoms with Gasteiger partial charge in [0.25, 0.3) is 0 Å². The predicted molar refractivity (Wildman–Crippen MR) is 72.1 cm³/mol. The number of carbonyl (C=O) groups excluding carboxylic acids is 1. The third kappa shape index (κ3) is 3.23. The van der Waals surface area contributed by atoms with E-state index in [9.17, 15) is 13.6 Å². The zero-order valence-corrected chi connectivity index (χ0v) is 11.9. The normalized spacial score (nSPS) is 10.8. The average molecular weight is 281 g/mol. The van der Waals surface area contributed by atoms with Crippen molar-refractivity contribution in [3.8, 4) is 6.07 Å². The minimum atomic E-state index is -0.980. The molecule has 0 heterocycles. The molecule has 0 spiro atoms. The Balaban J connectivity index is 2.89. The molecule has 20 heavy (non-hydrogen) atoms. The molecular formula is C14H17F2N3O. The molecule has 0 aliphatic rings. The molecule has 0 aliphatic heterocycles. The van der Waals surface area contributed by atoms with Crippen molar-refractivity contribution in [2.24, 2.45) is 0 Å². The number of anilines is 1. The van der Waals surface area contributed by atoms with Crippen molar-refractivity contribution in [1.29, 1.82) is 5.26 Å². The molecule has 0 fully saturated rings. The fourth-order valence-corrected chi connectivity index (χ4v) is 1.63. The molecule has 1 aromatic rings. The van der Waals surface area contributed by atoms with Gasteiger partial charge < -0.3 is 9.80 Å². The van der Waals surface area contributed by atoms with Crippen molar-refractivity contribution >= 4 is 11.6 Å². The largest absolute Gasteiger partial charge is 0.361 e. The molecule has 0 aromatic heterocycles. The summed E-state index contributed by atoms with van der Waals surface area (Å²) in [6, 6.07) is 5.51. The minimum Gasteiger partial charge on any atom is -0.361 e. The van der Waals surface area contributed by atoms with Crippen molar-refractivity contribution < 1.29 is 13.6 Å². The molecule has 0 bridgehead atoms. The summed E-state index contributed by atoms with van der Waals surface area (Å²) in [5.74, 6) is -1.87. The lowest BCUT2D eigenvalue weighted by Gasteiger charge is -2.31. The Kier molecular flexibility index (Phi) is 4.66. The summed E-state index contributed by atoms with van der Waals surface area (Å²) in [6.07, 6.45) is 0. The van der Waals surface area contributed by atoms with Crippen LogP contribution in [0.1, 0.15) is 13.8 Å². The Morgan fingerprint density at radius 2 is 1.80 bits per heavy atom. The first-order chi connectivity index (χ1) is 9.20. The number of nitriles is 1. The highest BCUT2D eigenvalue weighted by Crippen LogP contribution is 2.22. The summed E-state index contributed by atoms with van der Waals surface area (Å²) in [4.78, 5) is 14.5. The van der Waals surface area contributed by atoms with E-state index in [4.69, 9.17) is 5.26 Å². The van der Waals surface area contributed by atoms with Gasteiger partial charge in [-0.3, -0.25) is 4.79 Å². The third-order valence-electron chi connectivity index (χ3n) is 3.18. The van der Waals surface area contributed by atoms with Gasteiger partial charge in [-0.05, 0) is 26.0 Å². The highest BCUT2D eigenvalue weighted by atomic mass is 19.1. The second-order valence-corrected chi connectivity index (χ2v) is 5.05. The average Bonchev–Trinajstić information content (AvgIpc) is 2.37. The summed E-state index contributed by atoms with van der Waals surface area (Å²) in [6.45, 7) is 2.96. The van der Waals surface area contributed by atoms with Crippen LogP contribution in [0.3, 0.4) is 0 Å². The third-order valence-corrected chi connectivity index (χ3v) is 3.18. The quantitative estimate of drug-likeness (QED) is 0.849. The van der Waals surface area contributed by atoms with E-state index in [0.29, 0.717) is 0 Å². The van der Waals surface area contributed by atoms with Crippen molar-refractivity contribution in [2.75, 3.05) is 25.5 Å². The van der Waals surface area contributed by atoms with Gasteiger partial charge in [0.15, 0.2) is 0 Å². The van der Waals surface area contributed by atoms with E-state index in [2.05, 4.69) is 0 Å². The molecule has 6 heteroatoms. The van der Waals surface area contributed by atoms with Crippen LogP contribution in [0.2, 0.25) is 0 Å².